The molecule has 0 fully saturated rings. The Morgan fingerprint density at radius 3 is 3.00 bits per heavy atom. The number of rotatable bonds is 5. The van der Waals surface area contributed by atoms with Gasteiger partial charge in [0.15, 0.2) is 0 Å². The van der Waals surface area contributed by atoms with Gasteiger partial charge >= 0.3 is 0 Å². The molecule has 0 unspecified atom stereocenters. The van der Waals surface area contributed by atoms with Crippen molar-refractivity contribution in [3.63, 3.8) is 0 Å². The Kier molecular flexibility index (Phi) is 4.05. The molecule has 6 nitrogen and oxygen atoms in total. The lowest BCUT2D eigenvalue weighted by molar-refractivity contribution is 0.414. The molecule has 0 aromatic carbocycles. The Morgan fingerprint density at radius 1 is 1.30 bits per heavy atom. The Hall–Kier alpha value is -1.77. The molecule has 0 aliphatic heterocycles. The number of aromatic nitrogens is 4. The Balaban J connectivity index is 1.65. The quantitative estimate of drug-likeness (QED) is 0.723. The van der Waals surface area contributed by atoms with E-state index in [0.717, 1.165) is 16.4 Å². The van der Waals surface area contributed by atoms with Crippen molar-refractivity contribution < 1.29 is 4.42 Å². The van der Waals surface area contributed by atoms with E-state index in [2.05, 4.69) is 20.2 Å². The number of thiazole rings is 1. The molecular formula is C12H11N5OS2. The van der Waals surface area contributed by atoms with E-state index in [-0.39, 0.29) is 6.54 Å². The Labute approximate surface area is 123 Å². The smallest absolute Gasteiger partial charge is 0.277 e. The molecule has 8 heteroatoms. The molecule has 0 spiro atoms. The summed E-state index contributed by atoms with van der Waals surface area (Å²) in [6.45, 7) is 0.258. The lowest BCUT2D eigenvalue weighted by atomic mass is 10.4. The van der Waals surface area contributed by atoms with Crippen molar-refractivity contribution in [2.45, 2.75) is 17.5 Å². The van der Waals surface area contributed by atoms with Gasteiger partial charge in [0.25, 0.3) is 5.22 Å². The fourth-order valence-corrected chi connectivity index (χ4v) is 3.07. The average Bonchev–Trinajstić information content (AvgIpc) is 3.15. The first-order valence-electron chi connectivity index (χ1n) is 5.86. The minimum absolute atomic E-state index is 0.258. The Bertz CT molecular complexity index is 682. The highest BCUT2D eigenvalue weighted by atomic mass is 32.2. The summed E-state index contributed by atoms with van der Waals surface area (Å²) in [6.07, 6.45) is 1.76. The predicted molar refractivity (Wildman–Crippen MR) is 77.1 cm³/mol. The van der Waals surface area contributed by atoms with E-state index in [4.69, 9.17) is 10.2 Å². The summed E-state index contributed by atoms with van der Waals surface area (Å²) in [5.41, 5.74) is 7.27. The second kappa shape index (κ2) is 6.12. The molecule has 0 aliphatic rings. The van der Waals surface area contributed by atoms with Gasteiger partial charge in [-0.05, 0) is 12.1 Å². The molecule has 0 bridgehead atoms. The topological polar surface area (TPSA) is 90.7 Å². The van der Waals surface area contributed by atoms with Crippen LogP contribution in [0.2, 0.25) is 0 Å². The molecule has 2 N–H and O–H groups in total. The van der Waals surface area contributed by atoms with Crippen molar-refractivity contribution in [3.8, 4) is 10.7 Å². The first kappa shape index (κ1) is 13.2. The molecule has 0 saturated heterocycles. The normalized spacial score (nSPS) is 10.8. The van der Waals surface area contributed by atoms with Gasteiger partial charge in [-0.2, -0.15) is 0 Å². The highest BCUT2D eigenvalue weighted by Crippen LogP contribution is 2.26. The van der Waals surface area contributed by atoms with Crippen LogP contribution in [-0.4, -0.2) is 20.2 Å². The van der Waals surface area contributed by atoms with E-state index in [1.807, 2.05) is 23.6 Å². The summed E-state index contributed by atoms with van der Waals surface area (Å²) in [5.74, 6) is 1.12. The van der Waals surface area contributed by atoms with E-state index in [1.54, 1.807) is 17.5 Å². The number of nitrogens with zero attached hydrogens (tertiary/aromatic N) is 4. The van der Waals surface area contributed by atoms with Crippen molar-refractivity contribution in [1.29, 1.82) is 0 Å². The van der Waals surface area contributed by atoms with Gasteiger partial charge in [-0.1, -0.05) is 17.8 Å². The Morgan fingerprint density at radius 2 is 2.25 bits per heavy atom. The molecule has 0 aliphatic carbocycles. The van der Waals surface area contributed by atoms with Gasteiger partial charge in [-0.25, -0.2) is 4.98 Å². The van der Waals surface area contributed by atoms with Crippen LogP contribution in [-0.2, 0) is 12.3 Å². The lowest BCUT2D eigenvalue weighted by Crippen LogP contribution is -1.95. The van der Waals surface area contributed by atoms with Crippen LogP contribution in [0, 0.1) is 0 Å². The van der Waals surface area contributed by atoms with Gasteiger partial charge in [-0.3, -0.25) is 4.98 Å². The van der Waals surface area contributed by atoms with Crippen molar-refractivity contribution >= 4 is 23.1 Å². The monoisotopic (exact) mass is 305 g/mol. The molecule has 0 amide bonds. The van der Waals surface area contributed by atoms with Crippen LogP contribution in [0.15, 0.2) is 39.4 Å². The zero-order valence-electron chi connectivity index (χ0n) is 10.4. The predicted octanol–water partition coefficient (Wildman–Crippen LogP) is 2.34. The maximum Gasteiger partial charge on any atom is 0.277 e. The van der Waals surface area contributed by atoms with Crippen LogP contribution in [0.25, 0.3) is 10.7 Å². The summed E-state index contributed by atoms with van der Waals surface area (Å²) in [4.78, 5) is 8.82. The molecule has 3 rings (SSSR count). The summed E-state index contributed by atoms with van der Waals surface area (Å²) in [6, 6.07) is 5.78. The third kappa shape index (κ3) is 3.03. The van der Waals surface area contributed by atoms with Crippen LogP contribution < -0.4 is 5.73 Å². The maximum atomic E-state index is 5.42. The molecule has 3 aromatic rings. The zero-order chi connectivity index (χ0) is 13.8. The molecular weight excluding hydrogens is 294 g/mol. The van der Waals surface area contributed by atoms with Gasteiger partial charge in [0.2, 0.25) is 5.89 Å². The highest BCUT2D eigenvalue weighted by Gasteiger charge is 2.09. The minimum atomic E-state index is 0.258. The van der Waals surface area contributed by atoms with Crippen LogP contribution in [0.5, 0.6) is 0 Å². The van der Waals surface area contributed by atoms with Crippen molar-refractivity contribution in [2.75, 3.05) is 0 Å². The summed E-state index contributed by atoms with van der Waals surface area (Å²) >= 11 is 3.02. The number of thioether (sulfide) groups is 1. The average molecular weight is 305 g/mol. The fourth-order valence-electron chi connectivity index (χ4n) is 1.49. The van der Waals surface area contributed by atoms with Crippen molar-refractivity contribution in [3.05, 3.63) is 41.4 Å². The minimum Gasteiger partial charge on any atom is -0.415 e. The van der Waals surface area contributed by atoms with E-state index >= 15 is 0 Å². The summed E-state index contributed by atoms with van der Waals surface area (Å²) in [7, 11) is 0. The summed E-state index contributed by atoms with van der Waals surface area (Å²) < 4.78 is 5.32. The van der Waals surface area contributed by atoms with Gasteiger partial charge < -0.3 is 10.2 Å². The van der Waals surface area contributed by atoms with Crippen molar-refractivity contribution in [2.24, 2.45) is 5.73 Å². The molecule has 3 aromatic heterocycles. The van der Waals surface area contributed by atoms with Gasteiger partial charge in [0, 0.05) is 17.3 Å². The third-order valence-electron chi connectivity index (χ3n) is 2.40. The van der Waals surface area contributed by atoms with Crippen LogP contribution in [0.4, 0.5) is 0 Å². The number of hydrogen-bond donors (Lipinski definition) is 1. The van der Waals surface area contributed by atoms with Gasteiger partial charge in [-0.15, -0.1) is 21.5 Å². The number of hydrogen-bond acceptors (Lipinski definition) is 8. The van der Waals surface area contributed by atoms with Crippen LogP contribution in [0.3, 0.4) is 0 Å². The molecule has 0 atom stereocenters. The highest BCUT2D eigenvalue weighted by molar-refractivity contribution is 7.98. The molecule has 0 saturated carbocycles. The zero-order valence-corrected chi connectivity index (χ0v) is 12.0. The number of nitrogens with two attached hydrogens (primary N) is 1. The fraction of sp³-hybridized carbons (Fsp3) is 0.167. The van der Waals surface area contributed by atoms with Gasteiger partial charge in [0.1, 0.15) is 5.01 Å². The molecule has 3 heterocycles. The second-order valence-corrected chi connectivity index (χ2v) is 5.60. The standard InChI is InChI=1S/C12H11N5OS2/c13-5-10-16-17-12(18-10)20-7-8-6-19-11(15-8)9-3-1-2-4-14-9/h1-4,6H,5,7,13H2. The molecule has 102 valence electrons. The van der Waals surface area contributed by atoms with Gasteiger partial charge in [0.05, 0.1) is 17.9 Å². The second-order valence-electron chi connectivity index (χ2n) is 3.81. The largest absolute Gasteiger partial charge is 0.415 e. The molecule has 20 heavy (non-hydrogen) atoms. The lowest BCUT2D eigenvalue weighted by Gasteiger charge is -1.93. The van der Waals surface area contributed by atoms with E-state index < -0.39 is 0 Å². The first-order chi connectivity index (χ1) is 9.85. The SMILES string of the molecule is NCc1nnc(SCc2csc(-c3ccccn3)n2)o1. The van der Waals surface area contributed by atoms with E-state index in [1.165, 1.54) is 11.8 Å². The van der Waals surface area contributed by atoms with E-state index in [9.17, 15) is 0 Å². The van der Waals surface area contributed by atoms with E-state index in [0.29, 0.717) is 16.9 Å². The summed E-state index contributed by atoms with van der Waals surface area (Å²) in [5, 5.41) is 11.1. The number of pyridine rings is 1. The van der Waals surface area contributed by atoms with Crippen molar-refractivity contribution in [1.82, 2.24) is 20.2 Å². The maximum absolute atomic E-state index is 5.42. The molecule has 0 radical (unpaired) electrons. The first-order valence-corrected chi connectivity index (χ1v) is 7.73. The third-order valence-corrected chi connectivity index (χ3v) is 4.17. The van der Waals surface area contributed by atoms with Crippen LogP contribution >= 0.6 is 23.1 Å². The van der Waals surface area contributed by atoms with Crippen LogP contribution in [0.1, 0.15) is 11.6 Å².